The minimum atomic E-state index is -4.34. The number of carbonyl (C=O) groups excluding carboxylic acids is 1. The Morgan fingerprint density at radius 1 is 1.16 bits per heavy atom. The summed E-state index contributed by atoms with van der Waals surface area (Å²) in [5, 5.41) is 12.9. The first-order chi connectivity index (χ1) is 14.8. The Kier molecular flexibility index (Phi) is 5.91. The Bertz CT molecular complexity index is 1050. The van der Waals surface area contributed by atoms with Gasteiger partial charge in [0.25, 0.3) is 0 Å². The molecule has 164 valence electrons. The van der Waals surface area contributed by atoms with Crippen molar-refractivity contribution in [1.82, 2.24) is 4.98 Å². The van der Waals surface area contributed by atoms with Crippen molar-refractivity contribution in [2.45, 2.75) is 25.4 Å². The number of carbonyl (C=O) groups is 1. The molecule has 1 aliphatic rings. The van der Waals surface area contributed by atoms with E-state index in [0.29, 0.717) is 37.3 Å². The average Bonchev–Trinajstić information content (AvgIpc) is 3.09. The largest absolute Gasteiger partial charge is 0.493 e. The van der Waals surface area contributed by atoms with Crippen molar-refractivity contribution in [3.8, 4) is 5.75 Å². The number of hydrogen-bond acceptors (Lipinski definition) is 3. The van der Waals surface area contributed by atoms with Gasteiger partial charge in [0, 0.05) is 36.0 Å². The fourth-order valence-electron chi connectivity index (χ4n) is 3.77. The first-order valence-electron chi connectivity index (χ1n) is 10.2. The fourth-order valence-corrected chi connectivity index (χ4v) is 3.77. The summed E-state index contributed by atoms with van der Waals surface area (Å²) in [5.74, 6) is 0.686. The van der Waals surface area contributed by atoms with Crippen molar-refractivity contribution in [1.29, 1.82) is 0 Å². The second-order valence-corrected chi connectivity index (χ2v) is 7.91. The predicted molar refractivity (Wildman–Crippen MR) is 111 cm³/mol. The van der Waals surface area contributed by atoms with E-state index in [2.05, 4.69) is 10.3 Å². The number of ether oxygens (including phenoxy) is 1. The molecule has 8 heteroatoms. The first-order valence-corrected chi connectivity index (χ1v) is 10.2. The number of nitrogens with one attached hydrogen (secondary N) is 2. The Balaban J connectivity index is 1.35. The lowest BCUT2D eigenvalue weighted by atomic mass is 9.75. The molecule has 3 N–H and O–H groups in total. The zero-order chi connectivity index (χ0) is 22.0. The number of hydrogen-bond donors (Lipinski definition) is 3. The van der Waals surface area contributed by atoms with Gasteiger partial charge in [-0.3, -0.25) is 4.79 Å². The highest BCUT2D eigenvalue weighted by Crippen LogP contribution is 2.35. The van der Waals surface area contributed by atoms with Gasteiger partial charge in [-0.1, -0.05) is 12.1 Å². The summed E-state index contributed by atoms with van der Waals surface area (Å²) in [6.45, 7) is 0.428. The minimum absolute atomic E-state index is 0.0563. The van der Waals surface area contributed by atoms with Gasteiger partial charge in [-0.15, -0.1) is 0 Å². The molecule has 0 atom stereocenters. The maximum Gasteiger partial charge on any atom is 0.416 e. The number of alkyl halides is 3. The van der Waals surface area contributed by atoms with Crippen molar-refractivity contribution in [2.75, 3.05) is 18.5 Å². The summed E-state index contributed by atoms with van der Waals surface area (Å²) in [6, 6.07) is 10.5. The molecule has 0 aliphatic heterocycles. The maximum absolute atomic E-state index is 12.6. The normalized spacial score (nSPS) is 18.6. The molecule has 2 aromatic carbocycles. The Morgan fingerprint density at radius 2 is 1.90 bits per heavy atom. The molecule has 1 aromatic heterocycles. The van der Waals surface area contributed by atoms with Crippen molar-refractivity contribution in [3.63, 3.8) is 0 Å². The molecule has 0 spiro atoms. The molecular formula is C23H23F3N2O3. The van der Waals surface area contributed by atoms with Crippen LogP contribution in [-0.2, 0) is 17.4 Å². The maximum atomic E-state index is 12.6. The highest BCUT2D eigenvalue weighted by Gasteiger charge is 2.34. The number of anilines is 1. The van der Waals surface area contributed by atoms with Crippen LogP contribution in [0.2, 0.25) is 0 Å². The van der Waals surface area contributed by atoms with Crippen LogP contribution in [0.3, 0.4) is 0 Å². The van der Waals surface area contributed by atoms with Crippen LogP contribution in [0.5, 0.6) is 5.75 Å². The molecule has 1 heterocycles. The topological polar surface area (TPSA) is 74.4 Å². The molecule has 0 saturated heterocycles. The smallest absolute Gasteiger partial charge is 0.416 e. The van der Waals surface area contributed by atoms with E-state index in [9.17, 15) is 18.0 Å². The number of halogens is 3. The number of aromatic amines is 1. The number of H-pyrrole nitrogens is 1. The third kappa shape index (κ3) is 4.85. The van der Waals surface area contributed by atoms with Gasteiger partial charge in [-0.25, -0.2) is 0 Å². The molecule has 4 rings (SSSR count). The van der Waals surface area contributed by atoms with Gasteiger partial charge >= 0.3 is 6.18 Å². The van der Waals surface area contributed by atoms with E-state index in [4.69, 9.17) is 9.84 Å². The van der Waals surface area contributed by atoms with E-state index in [1.807, 2.05) is 12.1 Å². The van der Waals surface area contributed by atoms with Crippen molar-refractivity contribution in [3.05, 3.63) is 59.8 Å². The van der Waals surface area contributed by atoms with E-state index in [1.54, 1.807) is 12.3 Å². The van der Waals surface area contributed by atoms with Crippen molar-refractivity contribution >= 4 is 22.5 Å². The van der Waals surface area contributed by atoms with Gasteiger partial charge in [-0.05, 0) is 54.7 Å². The first kappa shape index (κ1) is 21.2. The quantitative estimate of drug-likeness (QED) is 0.504. The van der Waals surface area contributed by atoms with Gasteiger partial charge in [-0.2, -0.15) is 13.2 Å². The summed E-state index contributed by atoms with van der Waals surface area (Å²) < 4.78 is 43.7. The second kappa shape index (κ2) is 8.63. The molecule has 31 heavy (non-hydrogen) atoms. The van der Waals surface area contributed by atoms with E-state index in [1.165, 1.54) is 12.1 Å². The van der Waals surface area contributed by atoms with E-state index < -0.39 is 11.7 Å². The van der Waals surface area contributed by atoms with Crippen LogP contribution < -0.4 is 10.1 Å². The van der Waals surface area contributed by atoms with Crippen LogP contribution in [-0.4, -0.2) is 29.2 Å². The Morgan fingerprint density at radius 3 is 2.58 bits per heavy atom. The Hall–Kier alpha value is -3.00. The molecule has 1 amide bonds. The van der Waals surface area contributed by atoms with Crippen LogP contribution in [0.25, 0.3) is 10.9 Å². The van der Waals surface area contributed by atoms with Crippen molar-refractivity contribution < 1.29 is 27.8 Å². The number of benzene rings is 2. The zero-order valence-corrected chi connectivity index (χ0v) is 16.7. The van der Waals surface area contributed by atoms with Gasteiger partial charge in [0.2, 0.25) is 5.91 Å². The van der Waals surface area contributed by atoms with Gasteiger partial charge in [0.15, 0.2) is 0 Å². The molecule has 5 nitrogen and oxygen atoms in total. The predicted octanol–water partition coefficient (Wildman–Crippen LogP) is 4.77. The average molecular weight is 432 g/mol. The van der Waals surface area contributed by atoms with Crippen LogP contribution in [0, 0.1) is 11.8 Å². The lowest BCUT2D eigenvalue weighted by molar-refractivity contribution is -0.137. The standard InChI is InChI=1S/C23H23F3N2O3/c24-23(25,26)17-3-1-14(2-4-17)7-8-31-18-5-6-20-19(11-18)21(12-27-20)28-22(30)16-9-15(10-16)13-29/h1-6,11-12,15-16,27,29H,7-10,13H2,(H,28,30). The number of aromatic nitrogens is 1. The van der Waals surface area contributed by atoms with Gasteiger partial charge < -0.3 is 20.1 Å². The van der Waals surface area contributed by atoms with Gasteiger partial charge in [0.1, 0.15) is 5.75 Å². The number of aliphatic hydroxyl groups is 1. The summed E-state index contributed by atoms with van der Waals surface area (Å²) in [6.07, 6.45) is -0.739. The molecule has 3 aromatic rings. The van der Waals surface area contributed by atoms with E-state index in [-0.39, 0.29) is 24.3 Å². The minimum Gasteiger partial charge on any atom is -0.493 e. The number of amides is 1. The number of rotatable bonds is 7. The molecule has 0 bridgehead atoms. The van der Waals surface area contributed by atoms with Crippen LogP contribution in [0.15, 0.2) is 48.7 Å². The Labute approximate surface area is 177 Å². The van der Waals surface area contributed by atoms with E-state index >= 15 is 0 Å². The number of fused-ring (bicyclic) bond motifs is 1. The molecule has 1 saturated carbocycles. The van der Waals surface area contributed by atoms with Crippen LogP contribution >= 0.6 is 0 Å². The summed E-state index contributed by atoms with van der Waals surface area (Å²) in [5.41, 5.74) is 1.61. The zero-order valence-electron chi connectivity index (χ0n) is 16.7. The van der Waals surface area contributed by atoms with Gasteiger partial charge in [0.05, 0.1) is 17.9 Å². The SMILES string of the molecule is O=C(Nc1c[nH]c2ccc(OCCc3ccc(C(F)(F)F)cc3)cc12)C1CC(CO)C1. The third-order valence-corrected chi connectivity index (χ3v) is 5.72. The number of aliphatic hydroxyl groups excluding tert-OH is 1. The highest BCUT2D eigenvalue weighted by molar-refractivity contribution is 6.03. The third-order valence-electron chi connectivity index (χ3n) is 5.72. The molecule has 1 fully saturated rings. The molecule has 0 unspecified atom stereocenters. The molecule has 1 aliphatic carbocycles. The monoisotopic (exact) mass is 432 g/mol. The lowest BCUT2D eigenvalue weighted by Crippen LogP contribution is -2.35. The molecule has 0 radical (unpaired) electrons. The summed E-state index contributed by atoms with van der Waals surface area (Å²) >= 11 is 0. The van der Waals surface area contributed by atoms with Crippen LogP contribution in [0.4, 0.5) is 18.9 Å². The lowest BCUT2D eigenvalue weighted by Gasteiger charge is -2.32. The van der Waals surface area contributed by atoms with Crippen molar-refractivity contribution in [2.24, 2.45) is 11.8 Å². The fraction of sp³-hybridized carbons (Fsp3) is 0.348. The highest BCUT2D eigenvalue weighted by atomic mass is 19.4. The summed E-state index contributed by atoms with van der Waals surface area (Å²) in [7, 11) is 0. The van der Waals surface area contributed by atoms with Crippen LogP contribution in [0.1, 0.15) is 24.0 Å². The second-order valence-electron chi connectivity index (χ2n) is 7.91. The summed E-state index contributed by atoms with van der Waals surface area (Å²) in [4.78, 5) is 15.5. The van der Waals surface area contributed by atoms with E-state index in [0.717, 1.165) is 28.6 Å². The molecular weight excluding hydrogens is 409 g/mol.